The van der Waals surface area contributed by atoms with Gasteiger partial charge in [-0.15, -0.1) is 0 Å². The number of carboxylic acid groups (broad SMARTS) is 1. The fourth-order valence-electron chi connectivity index (χ4n) is 5.26. The molecule has 1 unspecified atom stereocenters. The van der Waals surface area contributed by atoms with Crippen molar-refractivity contribution >= 4 is 22.9 Å². The predicted octanol–water partition coefficient (Wildman–Crippen LogP) is 4.84. The molecule has 0 radical (unpaired) electrons. The summed E-state index contributed by atoms with van der Waals surface area (Å²) in [5, 5.41) is 9.63. The van der Waals surface area contributed by atoms with Gasteiger partial charge in [-0.2, -0.15) is 0 Å². The first-order valence-electron chi connectivity index (χ1n) is 14.4. The standard InChI is InChI=1S/C33H29F2N5O6/c1-17-18(6-7-26(37-17)32(36)41)16-46-30-5-3-4-25(38-30)22-14-23(34)19(10-24(22)35)13-29-39-31-27(40(29)15-21-8-9-45-21)11-20(33(42)43)12-28(31)44-2/h3-7,10-12,14,21H,8-9,13,15-16H2,1-2H3,(H2,36,41)(H,42,43). The third kappa shape index (κ3) is 6.09. The normalized spacial score (nSPS) is 14.2. The molecule has 4 heterocycles. The van der Waals surface area contributed by atoms with E-state index in [0.717, 1.165) is 18.6 Å². The number of rotatable bonds is 11. The van der Waals surface area contributed by atoms with Crippen LogP contribution >= 0.6 is 0 Å². The molecule has 11 nitrogen and oxygen atoms in total. The Morgan fingerprint density at radius 3 is 2.54 bits per heavy atom. The van der Waals surface area contributed by atoms with Crippen LogP contribution < -0.4 is 15.2 Å². The number of aromatic nitrogens is 4. The van der Waals surface area contributed by atoms with E-state index in [1.165, 1.54) is 25.3 Å². The molecule has 3 N–H and O–H groups in total. The molecule has 1 aliphatic heterocycles. The quantitative estimate of drug-likeness (QED) is 0.209. The van der Waals surface area contributed by atoms with Gasteiger partial charge in [-0.1, -0.05) is 12.1 Å². The molecule has 1 fully saturated rings. The molecule has 0 aliphatic carbocycles. The van der Waals surface area contributed by atoms with Gasteiger partial charge in [-0.05, 0) is 55.3 Å². The summed E-state index contributed by atoms with van der Waals surface area (Å²) in [7, 11) is 1.41. The van der Waals surface area contributed by atoms with Crippen molar-refractivity contribution in [2.24, 2.45) is 5.73 Å². The number of fused-ring (bicyclic) bond motifs is 1. The van der Waals surface area contributed by atoms with Crippen LogP contribution in [0, 0.1) is 18.6 Å². The molecule has 0 saturated carbocycles. The second-order valence-corrected chi connectivity index (χ2v) is 10.8. The van der Waals surface area contributed by atoms with Gasteiger partial charge in [-0.3, -0.25) is 4.79 Å². The number of imidazole rings is 1. The summed E-state index contributed by atoms with van der Waals surface area (Å²) in [4.78, 5) is 36.3. The zero-order valence-electron chi connectivity index (χ0n) is 24.9. The third-order valence-corrected chi connectivity index (χ3v) is 7.85. The van der Waals surface area contributed by atoms with Crippen molar-refractivity contribution in [1.82, 2.24) is 19.5 Å². The van der Waals surface area contributed by atoms with Gasteiger partial charge >= 0.3 is 5.97 Å². The number of amides is 1. The maximum atomic E-state index is 15.6. The summed E-state index contributed by atoms with van der Waals surface area (Å²) in [5.74, 6) is -2.29. The number of carboxylic acids is 1. The molecule has 1 atom stereocenters. The van der Waals surface area contributed by atoms with Gasteiger partial charge in [0.2, 0.25) is 5.88 Å². The van der Waals surface area contributed by atoms with Gasteiger partial charge in [0.1, 0.15) is 41.0 Å². The first-order chi connectivity index (χ1) is 22.1. The fraction of sp³-hybridized carbons (Fsp3) is 0.242. The van der Waals surface area contributed by atoms with Crippen LogP contribution in [0.5, 0.6) is 11.6 Å². The molecular weight excluding hydrogens is 600 g/mol. The lowest BCUT2D eigenvalue weighted by molar-refractivity contribution is -0.0589. The molecule has 236 valence electrons. The number of halogens is 2. The van der Waals surface area contributed by atoms with Crippen molar-refractivity contribution in [2.75, 3.05) is 13.7 Å². The maximum absolute atomic E-state index is 15.6. The topological polar surface area (TPSA) is 152 Å². The highest BCUT2D eigenvalue weighted by Gasteiger charge is 2.25. The van der Waals surface area contributed by atoms with Crippen LogP contribution in [0.4, 0.5) is 8.78 Å². The van der Waals surface area contributed by atoms with Crippen molar-refractivity contribution in [3.05, 3.63) is 100 Å². The molecule has 1 saturated heterocycles. The number of ether oxygens (including phenoxy) is 3. The molecule has 46 heavy (non-hydrogen) atoms. The van der Waals surface area contributed by atoms with Gasteiger partial charge in [-0.25, -0.2) is 28.5 Å². The number of methoxy groups -OCH3 is 1. The fourth-order valence-corrected chi connectivity index (χ4v) is 5.26. The van der Waals surface area contributed by atoms with Crippen molar-refractivity contribution < 1.29 is 37.7 Å². The molecule has 0 spiro atoms. The lowest BCUT2D eigenvalue weighted by Gasteiger charge is -2.27. The zero-order valence-corrected chi connectivity index (χ0v) is 24.9. The van der Waals surface area contributed by atoms with E-state index in [1.807, 2.05) is 0 Å². The summed E-state index contributed by atoms with van der Waals surface area (Å²) in [6.45, 7) is 2.77. The van der Waals surface area contributed by atoms with E-state index >= 15 is 8.78 Å². The highest BCUT2D eigenvalue weighted by Crippen LogP contribution is 2.32. The predicted molar refractivity (Wildman–Crippen MR) is 162 cm³/mol. The maximum Gasteiger partial charge on any atom is 0.335 e. The number of aryl methyl sites for hydroxylation is 1. The highest BCUT2D eigenvalue weighted by molar-refractivity contribution is 5.95. The van der Waals surface area contributed by atoms with Crippen molar-refractivity contribution in [1.29, 1.82) is 0 Å². The minimum Gasteiger partial charge on any atom is -0.494 e. The number of hydrogen-bond donors (Lipinski definition) is 2. The number of carbonyl (C=O) groups excluding carboxylic acids is 1. The van der Waals surface area contributed by atoms with E-state index in [4.69, 9.17) is 19.9 Å². The van der Waals surface area contributed by atoms with Gasteiger partial charge in [0.05, 0.1) is 36.5 Å². The van der Waals surface area contributed by atoms with Crippen LogP contribution in [-0.4, -0.2) is 56.3 Å². The van der Waals surface area contributed by atoms with E-state index in [0.29, 0.717) is 41.3 Å². The summed E-state index contributed by atoms with van der Waals surface area (Å²) in [6.07, 6.45) is 0.615. The average molecular weight is 630 g/mol. The minimum absolute atomic E-state index is 0.0136. The Morgan fingerprint density at radius 2 is 1.87 bits per heavy atom. The first-order valence-corrected chi connectivity index (χ1v) is 14.4. The lowest BCUT2D eigenvalue weighted by Crippen LogP contribution is -2.31. The van der Waals surface area contributed by atoms with Crippen molar-refractivity contribution in [3.8, 4) is 22.9 Å². The largest absolute Gasteiger partial charge is 0.494 e. The number of nitrogens with two attached hydrogens (primary N) is 1. The molecule has 0 bridgehead atoms. The Hall–Kier alpha value is -5.43. The van der Waals surface area contributed by atoms with Crippen molar-refractivity contribution in [2.45, 2.75) is 39.0 Å². The van der Waals surface area contributed by atoms with Crippen LogP contribution in [0.1, 0.15) is 49.9 Å². The average Bonchev–Trinajstić information content (AvgIpc) is 3.36. The summed E-state index contributed by atoms with van der Waals surface area (Å²) in [6, 6.07) is 13.0. The van der Waals surface area contributed by atoms with Crippen molar-refractivity contribution in [3.63, 3.8) is 0 Å². The lowest BCUT2D eigenvalue weighted by atomic mass is 10.0. The number of nitrogens with zero attached hydrogens (tertiary/aromatic N) is 4. The second-order valence-electron chi connectivity index (χ2n) is 10.8. The molecule has 2 aromatic carbocycles. The van der Waals surface area contributed by atoms with E-state index in [2.05, 4.69) is 15.0 Å². The first kappa shape index (κ1) is 30.6. The number of primary amides is 1. The van der Waals surface area contributed by atoms with Gasteiger partial charge in [0.25, 0.3) is 5.91 Å². The smallest absolute Gasteiger partial charge is 0.335 e. The molecule has 1 amide bonds. The minimum atomic E-state index is -1.13. The molecule has 1 aliphatic rings. The van der Waals surface area contributed by atoms with Crippen LogP contribution in [0.25, 0.3) is 22.3 Å². The molecule has 13 heteroatoms. The van der Waals surface area contributed by atoms with Gasteiger partial charge < -0.3 is 29.6 Å². The Labute approximate surface area is 261 Å². The number of pyridine rings is 2. The molecule has 3 aromatic heterocycles. The second kappa shape index (κ2) is 12.5. The van der Waals surface area contributed by atoms with E-state index in [9.17, 15) is 14.7 Å². The number of benzene rings is 2. The number of carbonyl (C=O) groups is 2. The summed E-state index contributed by atoms with van der Waals surface area (Å²) < 4.78 is 49.8. The van der Waals surface area contributed by atoms with E-state index in [1.54, 1.807) is 35.8 Å². The van der Waals surface area contributed by atoms with Crippen LogP contribution in [0.2, 0.25) is 0 Å². The number of hydrogen-bond acceptors (Lipinski definition) is 8. The Balaban J connectivity index is 1.28. The SMILES string of the molecule is COc1cc(C(=O)O)cc2c1nc(Cc1cc(F)c(-c3cccc(OCc4ccc(C(N)=O)nc4C)n3)cc1F)n2CC1CCO1. The van der Waals surface area contributed by atoms with Gasteiger partial charge in [0, 0.05) is 35.9 Å². The number of aromatic carboxylic acids is 1. The van der Waals surface area contributed by atoms with E-state index in [-0.39, 0.29) is 58.8 Å². The van der Waals surface area contributed by atoms with Crippen LogP contribution in [-0.2, 0) is 24.3 Å². The zero-order chi connectivity index (χ0) is 32.5. The molecule has 6 rings (SSSR count). The monoisotopic (exact) mass is 629 g/mol. The van der Waals surface area contributed by atoms with E-state index < -0.39 is 23.5 Å². The third-order valence-electron chi connectivity index (χ3n) is 7.85. The Morgan fingerprint density at radius 1 is 1.07 bits per heavy atom. The molecular formula is C33H29F2N5O6. The Bertz CT molecular complexity index is 1990. The summed E-state index contributed by atoms with van der Waals surface area (Å²) in [5.41, 5.74) is 7.77. The molecule has 5 aromatic rings. The van der Waals surface area contributed by atoms with Crippen LogP contribution in [0.15, 0.2) is 54.6 Å². The van der Waals surface area contributed by atoms with Gasteiger partial charge in [0.15, 0.2) is 0 Å². The Kier molecular flexibility index (Phi) is 8.33. The summed E-state index contributed by atoms with van der Waals surface area (Å²) >= 11 is 0. The highest BCUT2D eigenvalue weighted by atomic mass is 19.1. The van der Waals surface area contributed by atoms with Crippen LogP contribution in [0.3, 0.4) is 0 Å².